The standard InChI is InChI=1S/C17H22FN5O3/c1-12-20-21-22-23(12)15(11-13-6-8-14(18)9-7-13)17(25)19-10-4-3-5-16(24)26-2/h6-9,15H,3-5,10-11H2,1-2H3,(H,19,25). The highest BCUT2D eigenvalue weighted by Crippen LogP contribution is 2.15. The van der Waals surface area contributed by atoms with Crippen molar-refractivity contribution in [3.8, 4) is 0 Å². The largest absolute Gasteiger partial charge is 0.469 e. The summed E-state index contributed by atoms with van der Waals surface area (Å²) in [4.78, 5) is 23.7. The Morgan fingerprint density at radius 3 is 2.62 bits per heavy atom. The second-order valence-electron chi connectivity index (χ2n) is 5.84. The molecule has 1 N–H and O–H groups in total. The van der Waals surface area contributed by atoms with Crippen molar-refractivity contribution in [2.45, 2.75) is 38.6 Å². The van der Waals surface area contributed by atoms with E-state index in [-0.39, 0.29) is 17.7 Å². The zero-order valence-electron chi connectivity index (χ0n) is 14.8. The molecular weight excluding hydrogens is 341 g/mol. The molecule has 1 atom stereocenters. The summed E-state index contributed by atoms with van der Waals surface area (Å²) < 4.78 is 19.1. The van der Waals surface area contributed by atoms with Gasteiger partial charge in [-0.15, -0.1) is 5.10 Å². The van der Waals surface area contributed by atoms with Crippen LogP contribution in [0.5, 0.6) is 0 Å². The van der Waals surface area contributed by atoms with E-state index in [4.69, 9.17) is 0 Å². The van der Waals surface area contributed by atoms with Crippen LogP contribution in [0.1, 0.15) is 36.7 Å². The molecule has 1 aromatic carbocycles. The van der Waals surface area contributed by atoms with E-state index in [1.165, 1.54) is 23.9 Å². The maximum atomic E-state index is 13.1. The van der Waals surface area contributed by atoms with Gasteiger partial charge in [-0.05, 0) is 47.9 Å². The van der Waals surface area contributed by atoms with Crippen LogP contribution in [0.3, 0.4) is 0 Å². The molecular formula is C17H22FN5O3. The lowest BCUT2D eigenvalue weighted by molar-refractivity contribution is -0.140. The van der Waals surface area contributed by atoms with Crippen LogP contribution in [-0.4, -0.2) is 45.7 Å². The summed E-state index contributed by atoms with van der Waals surface area (Å²) in [5.41, 5.74) is 0.798. The monoisotopic (exact) mass is 363 g/mol. The number of hydrogen-bond donors (Lipinski definition) is 1. The second-order valence-corrected chi connectivity index (χ2v) is 5.84. The highest BCUT2D eigenvalue weighted by Gasteiger charge is 2.24. The third-order valence-electron chi connectivity index (χ3n) is 3.93. The Bertz CT molecular complexity index is 732. The first kappa shape index (κ1) is 19.5. The molecule has 1 amide bonds. The van der Waals surface area contributed by atoms with Crippen LogP contribution in [0.2, 0.25) is 0 Å². The summed E-state index contributed by atoms with van der Waals surface area (Å²) in [6, 6.07) is 5.32. The molecule has 0 saturated heterocycles. The van der Waals surface area contributed by atoms with E-state index < -0.39 is 6.04 Å². The Hall–Kier alpha value is -2.84. The average molecular weight is 363 g/mol. The van der Waals surface area contributed by atoms with E-state index in [2.05, 4.69) is 25.6 Å². The fourth-order valence-corrected chi connectivity index (χ4v) is 2.49. The molecule has 9 heteroatoms. The van der Waals surface area contributed by atoms with Crippen LogP contribution in [0, 0.1) is 12.7 Å². The number of tetrazole rings is 1. The number of rotatable bonds is 9. The lowest BCUT2D eigenvalue weighted by Gasteiger charge is -2.17. The van der Waals surface area contributed by atoms with Gasteiger partial charge in [0.15, 0.2) is 0 Å². The van der Waals surface area contributed by atoms with Gasteiger partial charge in [0.1, 0.15) is 17.7 Å². The van der Waals surface area contributed by atoms with E-state index in [0.717, 1.165) is 5.56 Å². The predicted molar refractivity (Wildman–Crippen MR) is 90.6 cm³/mol. The SMILES string of the molecule is COC(=O)CCCCNC(=O)C(Cc1ccc(F)cc1)n1nnnc1C. The first-order valence-electron chi connectivity index (χ1n) is 8.34. The number of ether oxygens (including phenoxy) is 1. The summed E-state index contributed by atoms with van der Waals surface area (Å²) >= 11 is 0. The molecule has 0 aliphatic heterocycles. The number of carbonyl (C=O) groups excluding carboxylic acids is 2. The number of nitrogens with zero attached hydrogens (tertiary/aromatic N) is 4. The molecule has 0 bridgehead atoms. The molecule has 1 heterocycles. The molecule has 8 nitrogen and oxygen atoms in total. The minimum Gasteiger partial charge on any atom is -0.469 e. The highest BCUT2D eigenvalue weighted by molar-refractivity contribution is 5.80. The Labute approximate surface area is 150 Å². The number of aromatic nitrogens is 4. The molecule has 2 aromatic rings. The van der Waals surface area contributed by atoms with Crippen molar-refractivity contribution in [2.75, 3.05) is 13.7 Å². The van der Waals surface area contributed by atoms with E-state index >= 15 is 0 Å². The van der Waals surface area contributed by atoms with Crippen LogP contribution in [-0.2, 0) is 20.7 Å². The normalized spacial score (nSPS) is 11.8. The Balaban J connectivity index is 1.97. The van der Waals surface area contributed by atoms with Crippen molar-refractivity contribution in [3.63, 3.8) is 0 Å². The number of benzene rings is 1. The van der Waals surface area contributed by atoms with Crippen molar-refractivity contribution in [1.82, 2.24) is 25.5 Å². The van der Waals surface area contributed by atoms with Crippen LogP contribution in [0.25, 0.3) is 0 Å². The van der Waals surface area contributed by atoms with Gasteiger partial charge in [0.05, 0.1) is 7.11 Å². The van der Waals surface area contributed by atoms with Gasteiger partial charge in [0.25, 0.3) is 0 Å². The number of carbonyl (C=O) groups is 2. The molecule has 0 aliphatic carbocycles. The smallest absolute Gasteiger partial charge is 0.305 e. The van der Waals surface area contributed by atoms with Gasteiger partial charge < -0.3 is 10.1 Å². The van der Waals surface area contributed by atoms with Crippen molar-refractivity contribution < 1.29 is 18.7 Å². The molecule has 0 aliphatic rings. The van der Waals surface area contributed by atoms with Crippen molar-refractivity contribution >= 4 is 11.9 Å². The van der Waals surface area contributed by atoms with Crippen molar-refractivity contribution in [1.29, 1.82) is 0 Å². The van der Waals surface area contributed by atoms with Gasteiger partial charge in [-0.2, -0.15) is 0 Å². The first-order valence-corrected chi connectivity index (χ1v) is 8.34. The summed E-state index contributed by atoms with van der Waals surface area (Å²) in [5, 5.41) is 14.1. The van der Waals surface area contributed by atoms with Gasteiger partial charge >= 0.3 is 5.97 Å². The zero-order chi connectivity index (χ0) is 18.9. The second kappa shape index (κ2) is 9.59. The van der Waals surface area contributed by atoms with E-state index in [0.29, 0.717) is 38.1 Å². The fourth-order valence-electron chi connectivity index (χ4n) is 2.49. The topological polar surface area (TPSA) is 99.0 Å². The third-order valence-corrected chi connectivity index (χ3v) is 3.93. The minimum absolute atomic E-state index is 0.234. The maximum Gasteiger partial charge on any atom is 0.305 e. The van der Waals surface area contributed by atoms with Gasteiger partial charge in [0.2, 0.25) is 5.91 Å². The molecule has 2 rings (SSSR count). The summed E-state index contributed by atoms with van der Waals surface area (Å²) in [7, 11) is 1.35. The Morgan fingerprint density at radius 1 is 1.27 bits per heavy atom. The lowest BCUT2D eigenvalue weighted by Crippen LogP contribution is -2.35. The van der Waals surface area contributed by atoms with Gasteiger partial charge in [-0.1, -0.05) is 12.1 Å². The average Bonchev–Trinajstić information content (AvgIpc) is 3.06. The molecule has 0 radical (unpaired) electrons. The Morgan fingerprint density at radius 2 is 2.00 bits per heavy atom. The van der Waals surface area contributed by atoms with Gasteiger partial charge in [0, 0.05) is 19.4 Å². The van der Waals surface area contributed by atoms with E-state index in [1.807, 2.05) is 0 Å². The van der Waals surface area contributed by atoms with Gasteiger partial charge in [-0.3, -0.25) is 9.59 Å². The molecule has 140 valence electrons. The summed E-state index contributed by atoms with van der Waals surface area (Å²) in [6.45, 7) is 2.14. The number of halogens is 1. The number of nitrogens with one attached hydrogen (secondary N) is 1. The number of esters is 1. The molecule has 0 fully saturated rings. The minimum atomic E-state index is -0.643. The highest BCUT2D eigenvalue weighted by atomic mass is 19.1. The number of aryl methyl sites for hydroxylation is 1. The van der Waals surface area contributed by atoms with Crippen LogP contribution in [0.4, 0.5) is 4.39 Å². The molecule has 0 spiro atoms. The van der Waals surface area contributed by atoms with Crippen LogP contribution in [0.15, 0.2) is 24.3 Å². The third kappa shape index (κ3) is 5.61. The number of unbranched alkanes of at least 4 members (excludes halogenated alkanes) is 1. The van der Waals surface area contributed by atoms with Crippen molar-refractivity contribution in [3.05, 3.63) is 41.5 Å². The summed E-state index contributed by atoms with van der Waals surface area (Å²) in [6.07, 6.45) is 1.93. The maximum absolute atomic E-state index is 13.1. The Kier molecular flexibility index (Phi) is 7.19. The summed E-state index contributed by atoms with van der Waals surface area (Å²) in [5.74, 6) is -0.325. The molecule has 26 heavy (non-hydrogen) atoms. The lowest BCUT2D eigenvalue weighted by atomic mass is 10.0. The van der Waals surface area contributed by atoms with Crippen LogP contribution >= 0.6 is 0 Å². The first-order chi connectivity index (χ1) is 12.5. The van der Waals surface area contributed by atoms with E-state index in [9.17, 15) is 14.0 Å². The quantitative estimate of drug-likeness (QED) is 0.534. The van der Waals surface area contributed by atoms with Gasteiger partial charge in [-0.25, -0.2) is 9.07 Å². The molecule has 1 unspecified atom stereocenters. The number of amides is 1. The predicted octanol–water partition coefficient (Wildman–Crippen LogP) is 1.36. The molecule has 1 aromatic heterocycles. The number of hydrogen-bond acceptors (Lipinski definition) is 6. The number of methoxy groups -OCH3 is 1. The van der Waals surface area contributed by atoms with Crippen molar-refractivity contribution in [2.24, 2.45) is 0 Å². The molecule has 0 saturated carbocycles. The van der Waals surface area contributed by atoms with Crippen LogP contribution < -0.4 is 5.32 Å². The fraction of sp³-hybridized carbons (Fsp3) is 0.471. The van der Waals surface area contributed by atoms with E-state index in [1.54, 1.807) is 19.1 Å². The zero-order valence-corrected chi connectivity index (χ0v) is 14.8.